The first-order chi connectivity index (χ1) is 11.7. The lowest BCUT2D eigenvalue weighted by atomic mass is 10.1. The summed E-state index contributed by atoms with van der Waals surface area (Å²) in [6.45, 7) is 1.67. The van der Waals surface area contributed by atoms with Crippen LogP contribution in [0.5, 0.6) is 0 Å². The predicted octanol–water partition coefficient (Wildman–Crippen LogP) is 3.95. The highest BCUT2D eigenvalue weighted by Crippen LogP contribution is 2.28. The van der Waals surface area contributed by atoms with Crippen LogP contribution < -0.4 is 22.5 Å². The summed E-state index contributed by atoms with van der Waals surface area (Å²) in [4.78, 5) is 0. The van der Waals surface area contributed by atoms with Gasteiger partial charge in [0.15, 0.2) is 0 Å². The Morgan fingerprint density at radius 3 is 2.38 bits per heavy atom. The van der Waals surface area contributed by atoms with Gasteiger partial charge >= 0.3 is 0 Å². The molecule has 0 saturated carbocycles. The van der Waals surface area contributed by atoms with Crippen LogP contribution in [0.1, 0.15) is 36.8 Å². The standard InChI is InChI=1S/C20H28N4/c21-12-6-1-2-7-13-24-20-15-17(22)14-19(23)18(20)11-10-16-8-4-3-5-9-16/h3-5,8-11,14-15,24H,1-2,6-7,12-13,21-23H2. The number of nitrogens with one attached hydrogen (secondary N) is 1. The van der Waals surface area contributed by atoms with Gasteiger partial charge in [-0.15, -0.1) is 0 Å². The molecule has 0 bridgehead atoms. The van der Waals surface area contributed by atoms with E-state index in [1.54, 1.807) is 6.07 Å². The third kappa shape index (κ3) is 5.63. The average molecular weight is 324 g/mol. The van der Waals surface area contributed by atoms with E-state index in [2.05, 4.69) is 23.5 Å². The van der Waals surface area contributed by atoms with Gasteiger partial charge in [0, 0.05) is 29.2 Å². The van der Waals surface area contributed by atoms with Crippen LogP contribution in [-0.4, -0.2) is 13.1 Å². The number of rotatable bonds is 9. The van der Waals surface area contributed by atoms with E-state index in [4.69, 9.17) is 17.2 Å². The normalized spacial score (nSPS) is 11.0. The number of hydrogen-bond acceptors (Lipinski definition) is 4. The smallest absolute Gasteiger partial charge is 0.0455 e. The van der Waals surface area contributed by atoms with E-state index in [0.29, 0.717) is 11.4 Å². The monoisotopic (exact) mass is 324 g/mol. The highest BCUT2D eigenvalue weighted by atomic mass is 14.9. The van der Waals surface area contributed by atoms with E-state index in [-0.39, 0.29) is 0 Å². The third-order valence-electron chi connectivity index (χ3n) is 3.92. The molecule has 0 unspecified atom stereocenters. The van der Waals surface area contributed by atoms with Gasteiger partial charge in [0.25, 0.3) is 0 Å². The summed E-state index contributed by atoms with van der Waals surface area (Å²) in [6.07, 6.45) is 8.66. The maximum atomic E-state index is 6.17. The Kier molecular flexibility index (Phi) is 7.18. The second kappa shape index (κ2) is 9.63. The summed E-state index contributed by atoms with van der Waals surface area (Å²) in [7, 11) is 0. The summed E-state index contributed by atoms with van der Waals surface area (Å²) in [6, 6.07) is 13.9. The van der Waals surface area contributed by atoms with E-state index in [0.717, 1.165) is 42.7 Å². The van der Waals surface area contributed by atoms with E-state index in [9.17, 15) is 0 Å². The number of anilines is 3. The van der Waals surface area contributed by atoms with Gasteiger partial charge in [-0.25, -0.2) is 0 Å². The molecule has 0 aliphatic rings. The van der Waals surface area contributed by atoms with Gasteiger partial charge < -0.3 is 22.5 Å². The molecule has 0 spiro atoms. The van der Waals surface area contributed by atoms with Crippen LogP contribution in [0.2, 0.25) is 0 Å². The van der Waals surface area contributed by atoms with Gasteiger partial charge in [0.05, 0.1) is 0 Å². The van der Waals surface area contributed by atoms with Crippen molar-refractivity contribution in [2.24, 2.45) is 5.73 Å². The van der Waals surface area contributed by atoms with Crippen molar-refractivity contribution in [2.45, 2.75) is 25.7 Å². The van der Waals surface area contributed by atoms with E-state index in [1.165, 1.54) is 12.8 Å². The zero-order chi connectivity index (χ0) is 17.2. The molecule has 2 aromatic carbocycles. The maximum absolute atomic E-state index is 6.17. The zero-order valence-corrected chi connectivity index (χ0v) is 14.2. The first-order valence-corrected chi connectivity index (χ1v) is 8.57. The lowest BCUT2D eigenvalue weighted by Crippen LogP contribution is -2.06. The molecule has 4 nitrogen and oxygen atoms in total. The Hall–Kier alpha value is -2.46. The van der Waals surface area contributed by atoms with Gasteiger partial charge in [-0.3, -0.25) is 0 Å². The molecule has 0 atom stereocenters. The van der Waals surface area contributed by atoms with Crippen LogP contribution in [-0.2, 0) is 0 Å². The van der Waals surface area contributed by atoms with Crippen LogP contribution in [0.25, 0.3) is 12.2 Å². The molecule has 0 aliphatic carbocycles. The fraction of sp³-hybridized carbons (Fsp3) is 0.300. The molecule has 0 amide bonds. The summed E-state index contributed by atoms with van der Waals surface area (Å²) >= 11 is 0. The Bertz CT molecular complexity index is 650. The minimum absolute atomic E-state index is 0.676. The number of unbranched alkanes of at least 4 members (excludes halogenated alkanes) is 3. The van der Waals surface area contributed by atoms with Crippen LogP contribution in [0, 0.1) is 0 Å². The Morgan fingerprint density at radius 1 is 0.875 bits per heavy atom. The largest absolute Gasteiger partial charge is 0.399 e. The summed E-state index contributed by atoms with van der Waals surface area (Å²) < 4.78 is 0. The molecule has 0 aliphatic heterocycles. The molecule has 0 fully saturated rings. The lowest BCUT2D eigenvalue weighted by molar-refractivity contribution is 0.661. The first-order valence-electron chi connectivity index (χ1n) is 8.57. The van der Waals surface area contributed by atoms with Gasteiger partial charge in [-0.2, -0.15) is 0 Å². The van der Waals surface area contributed by atoms with Crippen molar-refractivity contribution >= 4 is 29.2 Å². The zero-order valence-electron chi connectivity index (χ0n) is 14.2. The Morgan fingerprint density at radius 2 is 1.62 bits per heavy atom. The number of nitrogen functional groups attached to an aromatic ring is 2. The molecule has 2 rings (SSSR count). The van der Waals surface area contributed by atoms with E-state index < -0.39 is 0 Å². The number of benzene rings is 2. The molecular formula is C20H28N4. The van der Waals surface area contributed by atoms with Gasteiger partial charge in [0.2, 0.25) is 0 Å². The van der Waals surface area contributed by atoms with Crippen molar-refractivity contribution in [3.8, 4) is 0 Å². The topological polar surface area (TPSA) is 90.1 Å². The molecule has 128 valence electrons. The lowest BCUT2D eigenvalue weighted by Gasteiger charge is -2.13. The molecule has 0 aromatic heterocycles. The third-order valence-corrected chi connectivity index (χ3v) is 3.92. The minimum Gasteiger partial charge on any atom is -0.399 e. The van der Waals surface area contributed by atoms with Crippen LogP contribution in [0.3, 0.4) is 0 Å². The quantitative estimate of drug-likeness (QED) is 0.319. The fourth-order valence-electron chi connectivity index (χ4n) is 2.62. The molecule has 24 heavy (non-hydrogen) atoms. The maximum Gasteiger partial charge on any atom is 0.0455 e. The average Bonchev–Trinajstić information content (AvgIpc) is 2.58. The van der Waals surface area contributed by atoms with Gasteiger partial charge in [-0.05, 0) is 37.1 Å². The van der Waals surface area contributed by atoms with Crippen LogP contribution in [0.15, 0.2) is 42.5 Å². The van der Waals surface area contributed by atoms with E-state index >= 15 is 0 Å². The van der Waals surface area contributed by atoms with Crippen molar-refractivity contribution in [3.05, 3.63) is 53.6 Å². The highest BCUT2D eigenvalue weighted by Gasteiger charge is 2.05. The molecule has 0 radical (unpaired) electrons. The van der Waals surface area contributed by atoms with Crippen molar-refractivity contribution in [1.29, 1.82) is 0 Å². The minimum atomic E-state index is 0.676. The molecule has 4 heteroatoms. The van der Waals surface area contributed by atoms with Gasteiger partial charge in [-0.1, -0.05) is 55.3 Å². The van der Waals surface area contributed by atoms with Crippen molar-refractivity contribution in [3.63, 3.8) is 0 Å². The number of nitrogens with two attached hydrogens (primary N) is 3. The van der Waals surface area contributed by atoms with Crippen molar-refractivity contribution in [1.82, 2.24) is 0 Å². The number of hydrogen-bond donors (Lipinski definition) is 4. The Labute approximate surface area is 144 Å². The molecule has 0 heterocycles. The Balaban J connectivity index is 2.05. The second-order valence-corrected chi connectivity index (χ2v) is 5.95. The summed E-state index contributed by atoms with van der Waals surface area (Å²) in [5, 5.41) is 3.47. The first kappa shape index (κ1) is 17.9. The van der Waals surface area contributed by atoms with Crippen LogP contribution in [0.4, 0.5) is 17.1 Å². The summed E-state index contributed by atoms with van der Waals surface area (Å²) in [5.74, 6) is 0. The molecule has 0 saturated heterocycles. The summed E-state index contributed by atoms with van der Waals surface area (Å²) in [5.41, 5.74) is 22.1. The van der Waals surface area contributed by atoms with Gasteiger partial charge in [0.1, 0.15) is 0 Å². The second-order valence-electron chi connectivity index (χ2n) is 5.95. The highest BCUT2D eigenvalue weighted by molar-refractivity contribution is 5.85. The van der Waals surface area contributed by atoms with E-state index in [1.807, 2.05) is 30.3 Å². The molecular weight excluding hydrogens is 296 g/mol. The molecule has 7 N–H and O–H groups in total. The SMILES string of the molecule is NCCCCCCNc1cc(N)cc(N)c1C=Cc1ccccc1. The van der Waals surface area contributed by atoms with Crippen molar-refractivity contribution < 1.29 is 0 Å². The predicted molar refractivity (Wildman–Crippen MR) is 107 cm³/mol. The molecule has 2 aromatic rings. The van der Waals surface area contributed by atoms with Crippen molar-refractivity contribution in [2.75, 3.05) is 29.9 Å². The van der Waals surface area contributed by atoms with Crippen LogP contribution >= 0.6 is 0 Å². The fourth-order valence-corrected chi connectivity index (χ4v) is 2.62.